The first-order chi connectivity index (χ1) is 6.67. The van der Waals surface area contributed by atoms with Crippen molar-refractivity contribution in [1.29, 1.82) is 0 Å². The molecule has 0 heterocycles. The first-order valence-electron chi connectivity index (χ1n) is 4.71. The van der Waals surface area contributed by atoms with Crippen molar-refractivity contribution < 1.29 is 10.0 Å². The quantitative estimate of drug-likeness (QED) is 0.222. The number of carbonyl (C=O) groups excluding carboxylic acids is 1. The number of urea groups is 1. The van der Waals surface area contributed by atoms with E-state index in [0.29, 0.717) is 12.5 Å². The van der Waals surface area contributed by atoms with Crippen molar-refractivity contribution in [1.82, 2.24) is 10.6 Å². The first kappa shape index (κ1) is 10.6. The van der Waals surface area contributed by atoms with E-state index >= 15 is 0 Å². The van der Waals surface area contributed by atoms with Crippen molar-refractivity contribution in [3.8, 4) is 0 Å². The van der Waals surface area contributed by atoms with Crippen LogP contribution in [0.1, 0.15) is 26.2 Å². The van der Waals surface area contributed by atoms with Crippen molar-refractivity contribution in [2.75, 3.05) is 0 Å². The lowest BCUT2D eigenvalue weighted by Crippen LogP contribution is -2.48. The third-order valence-corrected chi connectivity index (χ3v) is 2.10. The molecular formula is C8H16N4O2. The predicted octanol–water partition coefficient (Wildman–Crippen LogP) is -0.0270. The van der Waals surface area contributed by atoms with E-state index in [1.807, 2.05) is 6.92 Å². The summed E-state index contributed by atoms with van der Waals surface area (Å²) in [6, 6.07) is -0.357. The van der Waals surface area contributed by atoms with Crippen LogP contribution in [0.25, 0.3) is 0 Å². The van der Waals surface area contributed by atoms with Crippen molar-refractivity contribution in [3.05, 3.63) is 0 Å². The van der Waals surface area contributed by atoms with E-state index in [-0.39, 0.29) is 11.9 Å². The molecule has 0 aliphatic heterocycles. The molecule has 1 aliphatic carbocycles. The maximum Gasteiger partial charge on any atom is 0.315 e. The van der Waals surface area contributed by atoms with Gasteiger partial charge >= 0.3 is 6.03 Å². The molecule has 6 nitrogen and oxygen atoms in total. The van der Waals surface area contributed by atoms with Crippen molar-refractivity contribution in [2.45, 2.75) is 38.3 Å². The van der Waals surface area contributed by atoms with Gasteiger partial charge in [0.05, 0.1) is 6.04 Å². The lowest BCUT2D eigenvalue weighted by molar-refractivity contribution is 0.238. The molecule has 1 unspecified atom stereocenters. The van der Waals surface area contributed by atoms with Crippen LogP contribution in [0, 0.1) is 0 Å². The van der Waals surface area contributed by atoms with Crippen LogP contribution in [-0.2, 0) is 0 Å². The fourth-order valence-corrected chi connectivity index (χ4v) is 1.07. The molecule has 6 heteroatoms. The molecule has 0 bridgehead atoms. The SMILES string of the molecule is CCC(NC(=O)NC1CC1)C(N)=NO. The maximum absolute atomic E-state index is 11.3. The molecule has 2 amide bonds. The third kappa shape index (κ3) is 3.12. The zero-order chi connectivity index (χ0) is 10.6. The Morgan fingerprint density at radius 1 is 1.71 bits per heavy atom. The second kappa shape index (κ2) is 4.69. The molecular weight excluding hydrogens is 184 g/mol. The summed E-state index contributed by atoms with van der Waals surface area (Å²) in [7, 11) is 0. The lowest BCUT2D eigenvalue weighted by atomic mass is 10.2. The molecule has 1 rings (SSSR count). The molecule has 1 atom stereocenters. The minimum Gasteiger partial charge on any atom is -0.409 e. The molecule has 0 aromatic heterocycles. The summed E-state index contributed by atoms with van der Waals surface area (Å²) in [6.07, 6.45) is 2.66. The van der Waals surface area contributed by atoms with Gasteiger partial charge in [-0.3, -0.25) is 0 Å². The molecule has 0 aromatic carbocycles. The highest BCUT2D eigenvalue weighted by atomic mass is 16.4. The summed E-state index contributed by atoms with van der Waals surface area (Å²) in [5, 5.41) is 16.7. The molecule has 0 saturated heterocycles. The van der Waals surface area contributed by atoms with Crippen LogP contribution in [0.4, 0.5) is 4.79 Å². The van der Waals surface area contributed by atoms with E-state index in [2.05, 4.69) is 15.8 Å². The summed E-state index contributed by atoms with van der Waals surface area (Å²) in [4.78, 5) is 11.3. The fraction of sp³-hybridized carbons (Fsp3) is 0.750. The number of nitrogens with zero attached hydrogens (tertiary/aromatic N) is 1. The van der Waals surface area contributed by atoms with E-state index in [0.717, 1.165) is 12.8 Å². The van der Waals surface area contributed by atoms with Gasteiger partial charge in [-0.25, -0.2) is 4.79 Å². The zero-order valence-electron chi connectivity index (χ0n) is 8.16. The van der Waals surface area contributed by atoms with E-state index in [4.69, 9.17) is 10.9 Å². The topological polar surface area (TPSA) is 99.7 Å². The largest absolute Gasteiger partial charge is 0.409 e. The highest BCUT2D eigenvalue weighted by molar-refractivity contribution is 5.89. The van der Waals surface area contributed by atoms with Gasteiger partial charge in [-0.2, -0.15) is 0 Å². The Labute approximate surface area is 82.5 Å². The molecule has 5 N–H and O–H groups in total. The number of amidine groups is 1. The van der Waals surface area contributed by atoms with Gasteiger partial charge in [0.15, 0.2) is 5.84 Å². The highest BCUT2D eigenvalue weighted by Crippen LogP contribution is 2.18. The Morgan fingerprint density at radius 2 is 2.36 bits per heavy atom. The van der Waals surface area contributed by atoms with Gasteiger partial charge in [0.2, 0.25) is 0 Å². The summed E-state index contributed by atoms with van der Waals surface area (Å²) in [5.41, 5.74) is 5.38. The molecule has 14 heavy (non-hydrogen) atoms. The fourth-order valence-electron chi connectivity index (χ4n) is 1.07. The number of hydrogen-bond acceptors (Lipinski definition) is 3. The number of rotatable bonds is 4. The highest BCUT2D eigenvalue weighted by Gasteiger charge is 2.24. The van der Waals surface area contributed by atoms with Crippen molar-refractivity contribution in [2.24, 2.45) is 10.9 Å². The van der Waals surface area contributed by atoms with Gasteiger partial charge < -0.3 is 21.6 Å². The summed E-state index contributed by atoms with van der Waals surface area (Å²) < 4.78 is 0. The Kier molecular flexibility index (Phi) is 3.55. The van der Waals surface area contributed by atoms with Crippen LogP contribution in [0.2, 0.25) is 0 Å². The summed E-state index contributed by atoms with van der Waals surface area (Å²) in [5.74, 6) is 0.0263. The molecule has 1 aliphatic rings. The van der Waals surface area contributed by atoms with Gasteiger partial charge in [-0.15, -0.1) is 0 Å². The predicted molar refractivity (Wildman–Crippen MR) is 52.2 cm³/mol. The molecule has 1 fully saturated rings. The van der Waals surface area contributed by atoms with Gasteiger partial charge in [0, 0.05) is 6.04 Å². The Hall–Kier alpha value is -1.46. The third-order valence-electron chi connectivity index (χ3n) is 2.10. The van der Waals surface area contributed by atoms with E-state index in [1.54, 1.807) is 0 Å². The standard InChI is InChI=1S/C8H16N4O2/c1-2-6(7(9)12-14)11-8(13)10-5-3-4-5/h5-6,14H,2-4H2,1H3,(H2,9,12)(H2,10,11,13). The molecule has 0 spiro atoms. The maximum atomic E-state index is 11.3. The number of amides is 2. The van der Waals surface area contributed by atoms with Gasteiger partial charge in [0.25, 0.3) is 0 Å². The zero-order valence-corrected chi connectivity index (χ0v) is 8.16. The smallest absolute Gasteiger partial charge is 0.315 e. The van der Waals surface area contributed by atoms with Gasteiger partial charge in [-0.1, -0.05) is 12.1 Å². The van der Waals surface area contributed by atoms with E-state index < -0.39 is 6.04 Å². The van der Waals surface area contributed by atoms with Gasteiger partial charge in [-0.05, 0) is 19.3 Å². The Bertz CT molecular complexity index is 237. The number of carbonyl (C=O) groups is 1. The van der Waals surface area contributed by atoms with Crippen LogP contribution in [0.5, 0.6) is 0 Å². The van der Waals surface area contributed by atoms with Crippen LogP contribution in [0.3, 0.4) is 0 Å². The average Bonchev–Trinajstić information content (AvgIpc) is 2.96. The number of nitrogens with two attached hydrogens (primary N) is 1. The lowest BCUT2D eigenvalue weighted by Gasteiger charge is -2.15. The minimum atomic E-state index is -0.404. The Morgan fingerprint density at radius 3 is 2.79 bits per heavy atom. The van der Waals surface area contributed by atoms with Gasteiger partial charge in [0.1, 0.15) is 0 Å². The normalized spacial score (nSPS) is 18.8. The molecule has 0 radical (unpaired) electrons. The molecule has 80 valence electrons. The average molecular weight is 200 g/mol. The monoisotopic (exact) mass is 200 g/mol. The summed E-state index contributed by atoms with van der Waals surface area (Å²) >= 11 is 0. The number of hydrogen-bond donors (Lipinski definition) is 4. The number of oxime groups is 1. The van der Waals surface area contributed by atoms with Crippen molar-refractivity contribution >= 4 is 11.9 Å². The second-order valence-electron chi connectivity index (χ2n) is 3.38. The second-order valence-corrected chi connectivity index (χ2v) is 3.38. The van der Waals surface area contributed by atoms with E-state index in [9.17, 15) is 4.79 Å². The molecule has 1 saturated carbocycles. The van der Waals surface area contributed by atoms with Crippen LogP contribution < -0.4 is 16.4 Å². The number of nitrogens with one attached hydrogen (secondary N) is 2. The minimum absolute atomic E-state index is 0.0263. The first-order valence-corrected chi connectivity index (χ1v) is 4.71. The van der Waals surface area contributed by atoms with Crippen LogP contribution in [-0.4, -0.2) is 29.2 Å². The summed E-state index contributed by atoms with van der Waals surface area (Å²) in [6.45, 7) is 1.85. The van der Waals surface area contributed by atoms with Crippen molar-refractivity contribution in [3.63, 3.8) is 0 Å². The molecule has 0 aromatic rings. The Balaban J connectivity index is 2.34. The van der Waals surface area contributed by atoms with Crippen LogP contribution in [0.15, 0.2) is 5.16 Å². The van der Waals surface area contributed by atoms with Crippen LogP contribution >= 0.6 is 0 Å². The van der Waals surface area contributed by atoms with E-state index in [1.165, 1.54) is 0 Å².